The first-order chi connectivity index (χ1) is 24.7. The summed E-state index contributed by atoms with van der Waals surface area (Å²) in [5.74, 6) is 1.72. The minimum atomic E-state index is -0.823. The molecule has 0 spiro atoms. The number of pyridine rings is 1. The van der Waals surface area contributed by atoms with Crippen molar-refractivity contribution in [3.8, 4) is 28.3 Å². The molecule has 4 aromatic rings. The van der Waals surface area contributed by atoms with Crippen molar-refractivity contribution in [2.24, 2.45) is 0 Å². The molecule has 2 amide bonds. The summed E-state index contributed by atoms with van der Waals surface area (Å²) in [4.78, 5) is 36.0. The maximum absolute atomic E-state index is 13.0. The number of amides is 2. The van der Waals surface area contributed by atoms with Gasteiger partial charge in [-0.05, 0) is 110 Å². The summed E-state index contributed by atoms with van der Waals surface area (Å²) in [7, 11) is 1.64. The number of hydrogen-bond donors (Lipinski definition) is 4. The number of nitrogens with zero attached hydrogens (tertiary/aromatic N) is 5. The standard InChI is InChI=1S/C38H51N9O5/c1-37(2,3)51-35(48)44-33(39)46(36(49)52-38(4,5)6)24-11-10-22-40-30-16-12-15-29-31(28-21-23-41-34(43-28)42-26-13-8-9-14-26)32(45-47(29)30)25-17-19-27(50-7)20-18-25/h12,15-21,23,26,40H,8-11,13-14,22,24H2,1-7H3,(H2,39,44,48)(H,41,42,43). The molecule has 1 fully saturated rings. The first-order valence-corrected chi connectivity index (χ1v) is 17.8. The lowest BCUT2D eigenvalue weighted by atomic mass is 10.0. The number of fused-ring (bicyclic) bond motifs is 1. The summed E-state index contributed by atoms with van der Waals surface area (Å²) in [6, 6.07) is 16.1. The quantitative estimate of drug-likeness (QED) is 0.0686. The minimum Gasteiger partial charge on any atom is -0.497 e. The second-order valence-electron chi connectivity index (χ2n) is 14.8. The van der Waals surface area contributed by atoms with Crippen LogP contribution in [0, 0.1) is 5.41 Å². The van der Waals surface area contributed by atoms with Crippen molar-refractivity contribution in [3.05, 3.63) is 54.7 Å². The first kappa shape index (κ1) is 37.8. The molecule has 0 radical (unpaired) electrons. The van der Waals surface area contributed by atoms with E-state index in [2.05, 4.69) is 20.9 Å². The van der Waals surface area contributed by atoms with E-state index in [4.69, 9.17) is 29.7 Å². The van der Waals surface area contributed by atoms with E-state index in [9.17, 15) is 9.59 Å². The highest BCUT2D eigenvalue weighted by Gasteiger charge is 2.27. The Bertz CT molecular complexity index is 1860. The van der Waals surface area contributed by atoms with Crippen molar-refractivity contribution in [1.82, 2.24) is 29.8 Å². The van der Waals surface area contributed by atoms with Crippen molar-refractivity contribution < 1.29 is 23.8 Å². The Morgan fingerprint density at radius 3 is 2.35 bits per heavy atom. The summed E-state index contributed by atoms with van der Waals surface area (Å²) >= 11 is 0. The lowest BCUT2D eigenvalue weighted by Crippen LogP contribution is -2.49. The number of nitrogens with one attached hydrogen (secondary N) is 4. The van der Waals surface area contributed by atoms with Crippen molar-refractivity contribution in [2.45, 2.75) is 97.3 Å². The van der Waals surface area contributed by atoms with Crippen LogP contribution in [0.1, 0.15) is 80.1 Å². The number of guanidine groups is 1. The van der Waals surface area contributed by atoms with Crippen LogP contribution in [0.5, 0.6) is 5.75 Å². The van der Waals surface area contributed by atoms with Gasteiger partial charge in [0, 0.05) is 30.9 Å². The van der Waals surface area contributed by atoms with E-state index in [1.54, 1.807) is 54.8 Å². The molecule has 0 bridgehead atoms. The zero-order valence-corrected chi connectivity index (χ0v) is 31.2. The van der Waals surface area contributed by atoms with Gasteiger partial charge in [0.2, 0.25) is 11.9 Å². The number of unbranched alkanes of at least 4 members (excludes halogenated alkanes) is 1. The third kappa shape index (κ3) is 10.1. The largest absolute Gasteiger partial charge is 0.497 e. The first-order valence-electron chi connectivity index (χ1n) is 17.8. The van der Waals surface area contributed by atoms with E-state index in [1.165, 1.54) is 12.8 Å². The second kappa shape index (κ2) is 16.3. The number of ether oxygens (including phenoxy) is 3. The van der Waals surface area contributed by atoms with Gasteiger partial charge in [-0.25, -0.2) is 29.0 Å². The molecule has 1 aliphatic rings. The topological polar surface area (TPSA) is 168 Å². The molecule has 3 heterocycles. The van der Waals surface area contributed by atoms with Gasteiger partial charge in [-0.15, -0.1) is 0 Å². The van der Waals surface area contributed by atoms with Crippen LogP contribution >= 0.6 is 0 Å². The Kier molecular flexibility index (Phi) is 11.9. The Morgan fingerprint density at radius 1 is 0.962 bits per heavy atom. The van der Waals surface area contributed by atoms with Crippen LogP contribution in [0.4, 0.5) is 21.4 Å². The number of carbonyl (C=O) groups is 2. The molecule has 0 saturated heterocycles. The number of benzene rings is 1. The van der Waals surface area contributed by atoms with Crippen LogP contribution in [-0.4, -0.2) is 80.1 Å². The monoisotopic (exact) mass is 713 g/mol. The third-order valence-electron chi connectivity index (χ3n) is 8.24. The van der Waals surface area contributed by atoms with Crippen molar-refractivity contribution >= 4 is 35.4 Å². The molecule has 4 N–H and O–H groups in total. The summed E-state index contributed by atoms with van der Waals surface area (Å²) in [6.45, 7) is 11.1. The number of methoxy groups -OCH3 is 1. The predicted octanol–water partition coefficient (Wildman–Crippen LogP) is 7.71. The summed E-state index contributed by atoms with van der Waals surface area (Å²) in [5.41, 5.74) is 2.66. The Balaban J connectivity index is 1.34. The van der Waals surface area contributed by atoms with Gasteiger partial charge >= 0.3 is 12.2 Å². The number of aromatic nitrogens is 4. The lowest BCUT2D eigenvalue weighted by molar-refractivity contribution is 0.0355. The van der Waals surface area contributed by atoms with Gasteiger partial charge in [0.1, 0.15) is 28.5 Å². The van der Waals surface area contributed by atoms with Crippen LogP contribution in [0.25, 0.3) is 28.0 Å². The highest BCUT2D eigenvalue weighted by molar-refractivity contribution is 5.99. The average Bonchev–Trinajstić information content (AvgIpc) is 3.73. The number of alkyl carbamates (subject to hydrolysis) is 1. The van der Waals surface area contributed by atoms with Crippen LogP contribution < -0.4 is 20.7 Å². The van der Waals surface area contributed by atoms with E-state index >= 15 is 0 Å². The molecule has 5 rings (SSSR count). The molecule has 0 atom stereocenters. The summed E-state index contributed by atoms with van der Waals surface area (Å²) in [5, 5.41) is 22.9. The van der Waals surface area contributed by atoms with Crippen molar-refractivity contribution in [1.29, 1.82) is 5.41 Å². The van der Waals surface area contributed by atoms with Gasteiger partial charge in [0.25, 0.3) is 0 Å². The average molecular weight is 714 g/mol. The molecular formula is C38H51N9O5. The maximum atomic E-state index is 13.0. The SMILES string of the molecule is COc1ccc(-c2nn3c(NCCCCN(C(=N)NC(=O)OC(C)(C)C)C(=O)OC(C)(C)C)cccc3c2-c2ccnc(NC3CCCC3)n2)cc1. The van der Waals surface area contributed by atoms with E-state index in [0.29, 0.717) is 31.4 Å². The predicted molar refractivity (Wildman–Crippen MR) is 202 cm³/mol. The lowest BCUT2D eigenvalue weighted by Gasteiger charge is -2.28. The zero-order valence-electron chi connectivity index (χ0n) is 31.2. The normalized spacial score (nSPS) is 13.4. The second-order valence-corrected chi connectivity index (χ2v) is 14.8. The fourth-order valence-corrected chi connectivity index (χ4v) is 5.92. The molecule has 278 valence electrons. The number of carbonyl (C=O) groups excluding carboxylic acids is 2. The molecule has 14 nitrogen and oxygen atoms in total. The van der Waals surface area contributed by atoms with Gasteiger partial charge in [-0.1, -0.05) is 18.9 Å². The third-order valence-corrected chi connectivity index (χ3v) is 8.24. The Hall–Kier alpha value is -5.40. The molecule has 0 aliphatic heterocycles. The molecule has 1 aliphatic carbocycles. The van der Waals surface area contributed by atoms with E-state index in [1.807, 2.05) is 53.0 Å². The van der Waals surface area contributed by atoms with Crippen molar-refractivity contribution in [2.75, 3.05) is 30.8 Å². The number of anilines is 2. The van der Waals surface area contributed by atoms with Crippen LogP contribution in [-0.2, 0) is 9.47 Å². The summed E-state index contributed by atoms with van der Waals surface area (Å²) < 4.78 is 18.1. The highest BCUT2D eigenvalue weighted by atomic mass is 16.6. The molecule has 3 aromatic heterocycles. The zero-order chi connectivity index (χ0) is 37.5. The molecule has 1 aromatic carbocycles. The van der Waals surface area contributed by atoms with Gasteiger partial charge in [0.05, 0.1) is 23.9 Å². The number of hydrogen-bond acceptors (Lipinski definition) is 11. The van der Waals surface area contributed by atoms with Crippen molar-refractivity contribution in [3.63, 3.8) is 0 Å². The van der Waals surface area contributed by atoms with E-state index in [0.717, 1.165) is 57.3 Å². The molecule has 1 saturated carbocycles. The summed E-state index contributed by atoms with van der Waals surface area (Å²) in [6.07, 6.45) is 6.02. The van der Waals surface area contributed by atoms with Gasteiger partial charge in [-0.2, -0.15) is 5.10 Å². The van der Waals surface area contributed by atoms with E-state index in [-0.39, 0.29) is 6.54 Å². The molecule has 52 heavy (non-hydrogen) atoms. The maximum Gasteiger partial charge on any atom is 0.417 e. The smallest absolute Gasteiger partial charge is 0.417 e. The minimum absolute atomic E-state index is 0.147. The molecule has 14 heteroatoms. The Labute approximate surface area is 305 Å². The van der Waals surface area contributed by atoms with E-state index < -0.39 is 29.3 Å². The van der Waals surface area contributed by atoms with Crippen LogP contribution in [0.15, 0.2) is 54.7 Å². The molecule has 0 unspecified atom stereocenters. The molecular weight excluding hydrogens is 662 g/mol. The Morgan fingerprint density at radius 2 is 1.67 bits per heavy atom. The number of rotatable bonds is 11. The van der Waals surface area contributed by atoms with Gasteiger partial charge < -0.3 is 24.8 Å². The fourth-order valence-electron chi connectivity index (χ4n) is 5.92. The van der Waals surface area contributed by atoms with Crippen LogP contribution in [0.3, 0.4) is 0 Å². The van der Waals surface area contributed by atoms with Crippen LogP contribution in [0.2, 0.25) is 0 Å². The van der Waals surface area contributed by atoms with Gasteiger partial charge in [-0.3, -0.25) is 10.7 Å². The van der Waals surface area contributed by atoms with Gasteiger partial charge in [0.15, 0.2) is 0 Å². The highest BCUT2D eigenvalue weighted by Crippen LogP contribution is 2.36. The fraction of sp³-hybridized carbons (Fsp3) is 0.474.